The lowest BCUT2D eigenvalue weighted by Crippen LogP contribution is -2.34. The Kier molecular flexibility index (Phi) is 5.43. The van der Waals surface area contributed by atoms with Gasteiger partial charge in [-0.15, -0.1) is 10.2 Å². The van der Waals surface area contributed by atoms with E-state index in [1.54, 1.807) is 23.3 Å². The van der Waals surface area contributed by atoms with E-state index in [0.29, 0.717) is 24.0 Å². The molecule has 1 aliphatic rings. The summed E-state index contributed by atoms with van der Waals surface area (Å²) in [5.41, 5.74) is 3.20. The van der Waals surface area contributed by atoms with Gasteiger partial charge in [-0.1, -0.05) is 30.3 Å². The minimum absolute atomic E-state index is 0.162. The zero-order chi connectivity index (χ0) is 19.3. The van der Waals surface area contributed by atoms with Crippen molar-refractivity contribution in [3.63, 3.8) is 0 Å². The molecule has 0 bridgehead atoms. The molecular formula is C21H24N6O. The maximum absolute atomic E-state index is 12.4. The highest BCUT2D eigenvalue weighted by Gasteiger charge is 2.24. The second-order valence-corrected chi connectivity index (χ2v) is 7.15. The van der Waals surface area contributed by atoms with Crippen LogP contribution in [0.25, 0.3) is 5.82 Å². The summed E-state index contributed by atoms with van der Waals surface area (Å²) in [5, 5.41) is 10.5. The average Bonchev–Trinajstić information content (AvgIpc) is 3.41. The van der Waals surface area contributed by atoms with E-state index in [2.05, 4.69) is 56.6 Å². The van der Waals surface area contributed by atoms with Crippen LogP contribution in [-0.4, -0.2) is 56.7 Å². The smallest absolute Gasteiger partial charge is 0.270 e. The number of benzene rings is 1. The highest BCUT2D eigenvalue weighted by atomic mass is 16.1. The molecule has 1 fully saturated rings. The summed E-state index contributed by atoms with van der Waals surface area (Å²) in [7, 11) is 0. The Hall–Kier alpha value is -3.06. The molecule has 28 heavy (non-hydrogen) atoms. The molecule has 7 heteroatoms. The van der Waals surface area contributed by atoms with Crippen molar-refractivity contribution in [1.82, 2.24) is 30.0 Å². The first-order valence-electron chi connectivity index (χ1n) is 9.59. The topological polar surface area (TPSA) is 75.9 Å². The number of aryl methyl sites for hydroxylation is 1. The summed E-state index contributed by atoms with van der Waals surface area (Å²) in [5.74, 6) is 1.04. The number of pyridine rings is 1. The van der Waals surface area contributed by atoms with Gasteiger partial charge in [-0.3, -0.25) is 9.36 Å². The molecule has 0 saturated carbocycles. The molecule has 0 radical (unpaired) electrons. The summed E-state index contributed by atoms with van der Waals surface area (Å²) < 4.78 is 1.67. The van der Waals surface area contributed by atoms with Crippen LogP contribution in [0.3, 0.4) is 0 Å². The molecule has 1 atom stereocenters. The number of amides is 1. The number of carbonyl (C=O) groups excluding carboxylic acids is 1. The Bertz CT molecular complexity index is 940. The van der Waals surface area contributed by atoms with E-state index in [4.69, 9.17) is 0 Å². The number of rotatable bonds is 6. The van der Waals surface area contributed by atoms with E-state index in [0.717, 1.165) is 19.6 Å². The third kappa shape index (κ3) is 4.09. The van der Waals surface area contributed by atoms with Crippen LogP contribution < -0.4 is 5.32 Å². The first-order chi connectivity index (χ1) is 13.7. The Balaban J connectivity index is 1.28. The van der Waals surface area contributed by atoms with Crippen LogP contribution in [0.4, 0.5) is 0 Å². The van der Waals surface area contributed by atoms with Crippen LogP contribution >= 0.6 is 0 Å². The largest absolute Gasteiger partial charge is 0.349 e. The molecule has 3 aromatic rings. The van der Waals surface area contributed by atoms with E-state index < -0.39 is 0 Å². The third-order valence-corrected chi connectivity index (χ3v) is 5.26. The van der Waals surface area contributed by atoms with E-state index in [1.807, 2.05) is 12.1 Å². The van der Waals surface area contributed by atoms with Gasteiger partial charge in [0.05, 0.1) is 0 Å². The van der Waals surface area contributed by atoms with Crippen molar-refractivity contribution in [2.45, 2.75) is 19.3 Å². The zero-order valence-electron chi connectivity index (χ0n) is 16.0. The molecule has 7 nitrogen and oxygen atoms in total. The van der Waals surface area contributed by atoms with Gasteiger partial charge in [0.25, 0.3) is 5.91 Å². The Morgan fingerprint density at radius 2 is 1.96 bits per heavy atom. The molecule has 144 valence electrons. The molecule has 1 N–H and O–H groups in total. The van der Waals surface area contributed by atoms with Crippen LogP contribution in [0.1, 0.15) is 34.0 Å². The lowest BCUT2D eigenvalue weighted by molar-refractivity contribution is 0.0944. The summed E-state index contributed by atoms with van der Waals surface area (Å²) >= 11 is 0. The number of nitrogens with zero attached hydrogens (tertiary/aromatic N) is 5. The Labute approximate surface area is 164 Å². The highest BCUT2D eigenvalue weighted by Crippen LogP contribution is 2.28. The fraction of sp³-hybridized carbons (Fsp3) is 0.333. The first kappa shape index (κ1) is 18.3. The highest BCUT2D eigenvalue weighted by molar-refractivity contribution is 5.92. The van der Waals surface area contributed by atoms with Crippen molar-refractivity contribution < 1.29 is 4.79 Å². The monoisotopic (exact) mass is 376 g/mol. The van der Waals surface area contributed by atoms with E-state index >= 15 is 0 Å². The normalized spacial score (nSPS) is 17.0. The number of hydrogen-bond acceptors (Lipinski definition) is 5. The molecule has 0 unspecified atom stereocenters. The average molecular weight is 376 g/mol. The fourth-order valence-electron chi connectivity index (χ4n) is 3.77. The van der Waals surface area contributed by atoms with Crippen LogP contribution in [0.5, 0.6) is 0 Å². The predicted octanol–water partition coefficient (Wildman–Crippen LogP) is 2.19. The lowest BCUT2D eigenvalue weighted by Gasteiger charge is -2.17. The fourth-order valence-corrected chi connectivity index (χ4v) is 3.77. The quantitative estimate of drug-likeness (QED) is 0.714. The van der Waals surface area contributed by atoms with Crippen LogP contribution in [0.2, 0.25) is 0 Å². The summed E-state index contributed by atoms with van der Waals surface area (Å²) in [4.78, 5) is 19.2. The summed E-state index contributed by atoms with van der Waals surface area (Å²) in [6.07, 6.45) is 4.28. The SMILES string of the molecule is Cc1ccccc1[C@H]1CCN(CCNC(=O)c2cccc(-n3cnnc3)n2)C1. The van der Waals surface area contributed by atoms with E-state index in [9.17, 15) is 4.79 Å². The molecule has 3 heterocycles. The predicted molar refractivity (Wildman–Crippen MR) is 106 cm³/mol. The first-order valence-corrected chi connectivity index (χ1v) is 9.59. The minimum atomic E-state index is -0.162. The number of likely N-dealkylation sites (tertiary alicyclic amines) is 1. The maximum atomic E-state index is 12.4. The van der Waals surface area contributed by atoms with Crippen molar-refractivity contribution in [2.75, 3.05) is 26.2 Å². The number of hydrogen-bond donors (Lipinski definition) is 1. The van der Waals surface area contributed by atoms with E-state index in [-0.39, 0.29) is 5.91 Å². The van der Waals surface area contributed by atoms with Gasteiger partial charge in [-0.2, -0.15) is 0 Å². The van der Waals surface area contributed by atoms with Crippen molar-refractivity contribution >= 4 is 5.91 Å². The Morgan fingerprint density at radius 3 is 2.79 bits per heavy atom. The van der Waals surface area contributed by atoms with Gasteiger partial charge in [-0.05, 0) is 49.1 Å². The van der Waals surface area contributed by atoms with Gasteiger partial charge < -0.3 is 10.2 Å². The van der Waals surface area contributed by atoms with Crippen molar-refractivity contribution in [2.24, 2.45) is 0 Å². The van der Waals surface area contributed by atoms with Crippen LogP contribution in [-0.2, 0) is 0 Å². The molecule has 0 aliphatic carbocycles. The molecule has 1 aliphatic heterocycles. The van der Waals surface area contributed by atoms with E-state index in [1.165, 1.54) is 17.5 Å². The van der Waals surface area contributed by atoms with Crippen molar-refractivity contribution in [3.05, 3.63) is 71.9 Å². The molecule has 1 aromatic carbocycles. The summed E-state index contributed by atoms with van der Waals surface area (Å²) in [6.45, 7) is 5.74. The second kappa shape index (κ2) is 8.31. The van der Waals surface area contributed by atoms with Gasteiger partial charge in [0.2, 0.25) is 0 Å². The molecule has 2 aromatic heterocycles. The van der Waals surface area contributed by atoms with Gasteiger partial charge in [0.15, 0.2) is 0 Å². The number of carbonyl (C=O) groups is 1. The van der Waals surface area contributed by atoms with Gasteiger partial charge >= 0.3 is 0 Å². The molecule has 1 saturated heterocycles. The van der Waals surface area contributed by atoms with Crippen molar-refractivity contribution in [1.29, 1.82) is 0 Å². The number of aromatic nitrogens is 4. The lowest BCUT2D eigenvalue weighted by atomic mass is 9.94. The standard InChI is InChI=1S/C21H24N6O/c1-16-5-2-3-6-18(16)17-9-11-26(13-17)12-10-22-21(28)19-7-4-8-20(25-19)27-14-23-24-15-27/h2-8,14-15,17H,9-13H2,1H3,(H,22,28)/t17-/m0/s1. The van der Waals surface area contributed by atoms with Gasteiger partial charge in [0, 0.05) is 19.6 Å². The maximum Gasteiger partial charge on any atom is 0.270 e. The Morgan fingerprint density at radius 1 is 1.14 bits per heavy atom. The molecular weight excluding hydrogens is 352 g/mol. The van der Waals surface area contributed by atoms with Crippen LogP contribution in [0, 0.1) is 6.92 Å². The molecule has 1 amide bonds. The third-order valence-electron chi connectivity index (χ3n) is 5.26. The van der Waals surface area contributed by atoms with Crippen LogP contribution in [0.15, 0.2) is 55.1 Å². The van der Waals surface area contributed by atoms with Crippen molar-refractivity contribution in [3.8, 4) is 5.82 Å². The second-order valence-electron chi connectivity index (χ2n) is 7.15. The number of nitrogens with one attached hydrogen (secondary N) is 1. The minimum Gasteiger partial charge on any atom is -0.349 e. The molecule has 4 rings (SSSR count). The van der Waals surface area contributed by atoms with Gasteiger partial charge in [0.1, 0.15) is 24.2 Å². The summed E-state index contributed by atoms with van der Waals surface area (Å²) in [6, 6.07) is 14.0. The van der Waals surface area contributed by atoms with Gasteiger partial charge in [-0.25, -0.2) is 4.98 Å². The zero-order valence-corrected chi connectivity index (χ0v) is 16.0. The molecule has 0 spiro atoms.